The summed E-state index contributed by atoms with van der Waals surface area (Å²) in [6.45, 7) is 5.25. The lowest BCUT2D eigenvalue weighted by molar-refractivity contribution is 0.313. The Balaban J connectivity index is 1.96. The van der Waals surface area contributed by atoms with Crippen LogP contribution in [0.3, 0.4) is 0 Å². The first-order valence-electron chi connectivity index (χ1n) is 7.17. The summed E-state index contributed by atoms with van der Waals surface area (Å²) in [5.74, 6) is 0.487. The highest BCUT2D eigenvalue weighted by Gasteiger charge is 2.07. The van der Waals surface area contributed by atoms with Gasteiger partial charge in [-0.3, -0.25) is 4.68 Å². The van der Waals surface area contributed by atoms with Crippen LogP contribution in [0.2, 0.25) is 0 Å². The number of benzene rings is 1. The average molecular weight is 291 g/mol. The molecule has 4 nitrogen and oxygen atoms in total. The van der Waals surface area contributed by atoms with Gasteiger partial charge in [0.25, 0.3) is 0 Å². The molecule has 1 aromatic heterocycles. The second-order valence-corrected chi connectivity index (χ2v) is 5.33. The van der Waals surface area contributed by atoms with Gasteiger partial charge in [0.1, 0.15) is 11.6 Å². The highest BCUT2D eigenvalue weighted by atomic mass is 19.1. The van der Waals surface area contributed by atoms with E-state index in [1.807, 2.05) is 17.8 Å². The number of nitrogens with one attached hydrogen (secondary N) is 1. The van der Waals surface area contributed by atoms with Crippen LogP contribution in [0.4, 0.5) is 4.39 Å². The maximum atomic E-state index is 13.4. The quantitative estimate of drug-likeness (QED) is 0.852. The van der Waals surface area contributed by atoms with Crippen LogP contribution in [0, 0.1) is 5.82 Å². The maximum absolute atomic E-state index is 13.4. The summed E-state index contributed by atoms with van der Waals surface area (Å²) >= 11 is 0. The van der Waals surface area contributed by atoms with Crippen molar-refractivity contribution in [2.75, 3.05) is 6.61 Å². The first kappa shape index (κ1) is 15.5. The summed E-state index contributed by atoms with van der Waals surface area (Å²) in [5, 5.41) is 7.40. The SMILES string of the molecule is CC(C)NCc1cc(F)ccc1OCCc1ccnn1C. The molecule has 1 aromatic carbocycles. The fourth-order valence-corrected chi connectivity index (χ4v) is 2.05. The zero-order chi connectivity index (χ0) is 15.2. The van der Waals surface area contributed by atoms with E-state index >= 15 is 0 Å². The van der Waals surface area contributed by atoms with Crippen molar-refractivity contribution in [1.82, 2.24) is 15.1 Å². The highest BCUT2D eigenvalue weighted by Crippen LogP contribution is 2.20. The molecule has 0 spiro atoms. The van der Waals surface area contributed by atoms with E-state index in [0.29, 0.717) is 19.2 Å². The summed E-state index contributed by atoms with van der Waals surface area (Å²) < 4.78 is 21.0. The lowest BCUT2D eigenvalue weighted by atomic mass is 10.2. The molecule has 0 aliphatic carbocycles. The first-order chi connectivity index (χ1) is 10.1. The van der Waals surface area contributed by atoms with Crippen molar-refractivity contribution in [2.45, 2.75) is 32.9 Å². The summed E-state index contributed by atoms with van der Waals surface area (Å²) in [5.41, 5.74) is 1.95. The minimum atomic E-state index is -0.241. The number of hydrogen-bond donors (Lipinski definition) is 1. The molecule has 0 aliphatic rings. The summed E-state index contributed by atoms with van der Waals surface area (Å²) in [6.07, 6.45) is 2.54. The molecule has 1 N–H and O–H groups in total. The lowest BCUT2D eigenvalue weighted by Crippen LogP contribution is -2.22. The van der Waals surface area contributed by atoms with E-state index in [1.165, 1.54) is 12.1 Å². The van der Waals surface area contributed by atoms with Crippen molar-refractivity contribution >= 4 is 0 Å². The third-order valence-corrected chi connectivity index (χ3v) is 3.26. The Kier molecular flexibility index (Phi) is 5.33. The molecule has 2 rings (SSSR count). The van der Waals surface area contributed by atoms with Gasteiger partial charge in [0.05, 0.1) is 6.61 Å². The molecule has 0 amide bonds. The summed E-state index contributed by atoms with van der Waals surface area (Å²) in [7, 11) is 1.91. The fourth-order valence-electron chi connectivity index (χ4n) is 2.05. The van der Waals surface area contributed by atoms with Crippen molar-refractivity contribution in [3.05, 3.63) is 47.5 Å². The van der Waals surface area contributed by atoms with Crippen molar-refractivity contribution in [1.29, 1.82) is 0 Å². The van der Waals surface area contributed by atoms with Gasteiger partial charge in [-0.05, 0) is 24.3 Å². The Bertz CT molecular complexity index is 581. The average Bonchev–Trinajstić information content (AvgIpc) is 2.84. The van der Waals surface area contributed by atoms with E-state index in [2.05, 4.69) is 24.3 Å². The number of aryl methyl sites for hydroxylation is 1. The maximum Gasteiger partial charge on any atom is 0.124 e. The summed E-state index contributed by atoms with van der Waals surface area (Å²) in [4.78, 5) is 0. The summed E-state index contributed by atoms with van der Waals surface area (Å²) in [6, 6.07) is 6.95. The molecule has 5 heteroatoms. The zero-order valence-corrected chi connectivity index (χ0v) is 12.8. The molecule has 0 aliphatic heterocycles. The minimum Gasteiger partial charge on any atom is -0.493 e. The second kappa shape index (κ2) is 7.22. The van der Waals surface area contributed by atoms with Crippen LogP contribution in [0.15, 0.2) is 30.5 Å². The lowest BCUT2D eigenvalue weighted by Gasteiger charge is -2.14. The Hall–Kier alpha value is -1.88. The predicted octanol–water partition coefficient (Wildman–Crippen LogP) is 2.68. The van der Waals surface area contributed by atoms with Gasteiger partial charge >= 0.3 is 0 Å². The van der Waals surface area contributed by atoms with Gasteiger partial charge in [-0.25, -0.2) is 4.39 Å². The molecular weight excluding hydrogens is 269 g/mol. The molecule has 21 heavy (non-hydrogen) atoms. The van der Waals surface area contributed by atoms with Crippen LogP contribution < -0.4 is 10.1 Å². The standard InChI is InChI=1S/C16H22FN3O/c1-12(2)18-11-13-10-14(17)4-5-16(13)21-9-7-15-6-8-19-20(15)3/h4-6,8,10,12,18H,7,9,11H2,1-3H3. The van der Waals surface area contributed by atoms with Gasteiger partial charge in [-0.2, -0.15) is 5.10 Å². The number of rotatable bonds is 7. The molecule has 114 valence electrons. The molecule has 1 heterocycles. The smallest absolute Gasteiger partial charge is 0.124 e. The first-order valence-corrected chi connectivity index (χ1v) is 7.17. The molecule has 0 radical (unpaired) electrons. The Labute approximate surface area is 124 Å². The van der Waals surface area contributed by atoms with E-state index in [9.17, 15) is 4.39 Å². The van der Waals surface area contributed by atoms with E-state index in [1.54, 1.807) is 12.3 Å². The second-order valence-electron chi connectivity index (χ2n) is 5.33. The number of hydrogen-bond acceptors (Lipinski definition) is 3. The Morgan fingerprint density at radius 3 is 2.81 bits per heavy atom. The van der Waals surface area contributed by atoms with Crippen molar-refractivity contribution in [3.8, 4) is 5.75 Å². The van der Waals surface area contributed by atoms with Gasteiger partial charge < -0.3 is 10.1 Å². The molecule has 0 bridgehead atoms. The van der Waals surface area contributed by atoms with Crippen molar-refractivity contribution in [2.24, 2.45) is 7.05 Å². The van der Waals surface area contributed by atoms with Crippen LogP contribution in [-0.4, -0.2) is 22.4 Å². The monoisotopic (exact) mass is 291 g/mol. The molecule has 0 fully saturated rings. The molecular formula is C16H22FN3O. The molecule has 0 saturated heterocycles. The largest absolute Gasteiger partial charge is 0.493 e. The Morgan fingerprint density at radius 2 is 2.14 bits per heavy atom. The van der Waals surface area contributed by atoms with Crippen molar-refractivity contribution < 1.29 is 9.13 Å². The molecule has 0 unspecified atom stereocenters. The normalized spacial score (nSPS) is 11.1. The molecule has 0 atom stereocenters. The third kappa shape index (κ3) is 4.56. The van der Waals surface area contributed by atoms with Crippen LogP contribution >= 0.6 is 0 Å². The number of ether oxygens (including phenoxy) is 1. The number of halogens is 1. The minimum absolute atomic E-state index is 0.241. The van der Waals surface area contributed by atoms with Crippen LogP contribution in [0.5, 0.6) is 5.75 Å². The van der Waals surface area contributed by atoms with Crippen LogP contribution in [-0.2, 0) is 20.0 Å². The van der Waals surface area contributed by atoms with Crippen LogP contribution in [0.25, 0.3) is 0 Å². The van der Waals surface area contributed by atoms with E-state index in [-0.39, 0.29) is 5.82 Å². The van der Waals surface area contributed by atoms with E-state index in [4.69, 9.17) is 4.74 Å². The van der Waals surface area contributed by atoms with E-state index in [0.717, 1.165) is 23.4 Å². The van der Waals surface area contributed by atoms with Gasteiger partial charge in [0, 0.05) is 43.5 Å². The Morgan fingerprint density at radius 1 is 1.33 bits per heavy atom. The zero-order valence-electron chi connectivity index (χ0n) is 12.8. The fraction of sp³-hybridized carbons (Fsp3) is 0.438. The number of nitrogens with zero attached hydrogens (tertiary/aromatic N) is 2. The van der Waals surface area contributed by atoms with Gasteiger partial charge in [0.2, 0.25) is 0 Å². The predicted molar refractivity (Wildman–Crippen MR) is 80.8 cm³/mol. The van der Waals surface area contributed by atoms with Gasteiger partial charge in [-0.1, -0.05) is 13.8 Å². The molecule has 2 aromatic rings. The van der Waals surface area contributed by atoms with Gasteiger partial charge in [0.15, 0.2) is 0 Å². The number of aromatic nitrogens is 2. The van der Waals surface area contributed by atoms with Crippen LogP contribution in [0.1, 0.15) is 25.1 Å². The highest BCUT2D eigenvalue weighted by molar-refractivity contribution is 5.34. The molecule has 0 saturated carbocycles. The van der Waals surface area contributed by atoms with Crippen molar-refractivity contribution in [3.63, 3.8) is 0 Å². The van der Waals surface area contributed by atoms with Gasteiger partial charge in [-0.15, -0.1) is 0 Å². The third-order valence-electron chi connectivity index (χ3n) is 3.26. The topological polar surface area (TPSA) is 39.1 Å². The van der Waals surface area contributed by atoms with E-state index < -0.39 is 0 Å².